The van der Waals surface area contributed by atoms with Crippen LogP contribution in [0.2, 0.25) is 0 Å². The monoisotopic (exact) mass is 1070 g/mol. The van der Waals surface area contributed by atoms with Gasteiger partial charge in [-0.05, 0) is 175 Å². The highest BCUT2D eigenvalue weighted by molar-refractivity contribution is 6.06. The standard InChI is InChI=1S/C80H55N3O/c1-4-18-56(19-5-1)57-34-43-66(44-35-57)83(67-45-36-58(37-46-67)63-42-51-80-78(52-63)77-30-14-15-33-79(77)84-80)72-54-70(81(64-24-6-2-7-25-64)68-47-38-61(39-48-68)75-31-16-22-59-20-10-12-28-73(59)75)53-71(55-72)82(65-26-8-3-9-27-65)69-49-40-62(41-50-69)76-32-17-23-60-21-11-13-29-74(60)76/h1-55H. The zero-order valence-electron chi connectivity index (χ0n) is 46.0. The normalized spacial score (nSPS) is 11.3. The lowest BCUT2D eigenvalue weighted by molar-refractivity contribution is 0.669. The third-order valence-corrected chi connectivity index (χ3v) is 16.2. The van der Waals surface area contributed by atoms with Gasteiger partial charge in [0.1, 0.15) is 11.2 Å². The van der Waals surface area contributed by atoms with E-state index in [4.69, 9.17) is 4.42 Å². The molecule has 0 aliphatic rings. The lowest BCUT2D eigenvalue weighted by atomic mass is 9.98. The van der Waals surface area contributed by atoms with E-state index in [-0.39, 0.29) is 0 Å². The van der Waals surface area contributed by atoms with E-state index in [0.29, 0.717) is 0 Å². The Morgan fingerprint density at radius 1 is 0.179 bits per heavy atom. The summed E-state index contributed by atoms with van der Waals surface area (Å²) in [5, 5.41) is 7.12. The van der Waals surface area contributed by atoms with Crippen molar-refractivity contribution in [2.75, 3.05) is 14.7 Å². The zero-order valence-corrected chi connectivity index (χ0v) is 46.0. The average Bonchev–Trinajstić information content (AvgIpc) is 4.09. The molecule has 396 valence electrons. The summed E-state index contributed by atoms with van der Waals surface area (Å²) < 4.78 is 6.26. The molecule has 15 rings (SSSR count). The summed E-state index contributed by atoms with van der Waals surface area (Å²) >= 11 is 0. The highest BCUT2D eigenvalue weighted by Crippen LogP contribution is 2.47. The summed E-state index contributed by atoms with van der Waals surface area (Å²) in [5.74, 6) is 0. The Bertz CT molecular complexity index is 4610. The van der Waals surface area contributed by atoms with Crippen molar-refractivity contribution in [1.29, 1.82) is 0 Å². The van der Waals surface area contributed by atoms with E-state index in [0.717, 1.165) is 101 Å². The van der Waals surface area contributed by atoms with Crippen LogP contribution in [0, 0.1) is 0 Å². The molecule has 0 bridgehead atoms. The molecule has 0 fully saturated rings. The van der Waals surface area contributed by atoms with Crippen LogP contribution in [0.25, 0.3) is 88.0 Å². The van der Waals surface area contributed by atoms with Gasteiger partial charge in [-0.3, -0.25) is 0 Å². The Kier molecular flexibility index (Phi) is 12.9. The van der Waals surface area contributed by atoms with E-state index < -0.39 is 0 Å². The topological polar surface area (TPSA) is 22.9 Å². The van der Waals surface area contributed by atoms with E-state index in [1.54, 1.807) is 0 Å². The Balaban J connectivity index is 0.930. The molecule has 4 heteroatoms. The molecule has 0 aliphatic heterocycles. The highest BCUT2D eigenvalue weighted by Gasteiger charge is 2.23. The molecule has 4 nitrogen and oxygen atoms in total. The molecule has 84 heavy (non-hydrogen) atoms. The smallest absolute Gasteiger partial charge is 0.135 e. The van der Waals surface area contributed by atoms with Crippen LogP contribution in [-0.4, -0.2) is 0 Å². The number of rotatable bonds is 13. The largest absolute Gasteiger partial charge is 0.456 e. The van der Waals surface area contributed by atoms with Gasteiger partial charge in [0, 0.05) is 44.9 Å². The highest BCUT2D eigenvalue weighted by atomic mass is 16.3. The van der Waals surface area contributed by atoms with Gasteiger partial charge in [-0.25, -0.2) is 0 Å². The molecule has 0 aliphatic carbocycles. The molecule has 0 N–H and O–H groups in total. The molecule has 14 aromatic carbocycles. The van der Waals surface area contributed by atoms with Crippen molar-refractivity contribution in [3.05, 3.63) is 334 Å². The second-order valence-electron chi connectivity index (χ2n) is 21.3. The first-order valence-corrected chi connectivity index (χ1v) is 28.6. The predicted molar refractivity (Wildman–Crippen MR) is 355 cm³/mol. The van der Waals surface area contributed by atoms with E-state index in [1.165, 1.54) is 38.2 Å². The summed E-state index contributed by atoms with van der Waals surface area (Å²) in [6.07, 6.45) is 0. The van der Waals surface area contributed by atoms with Gasteiger partial charge in [0.25, 0.3) is 0 Å². The number of hydrogen-bond acceptors (Lipinski definition) is 4. The molecule has 0 atom stereocenters. The van der Waals surface area contributed by atoms with Crippen LogP contribution in [0.4, 0.5) is 51.2 Å². The molecule has 0 spiro atoms. The van der Waals surface area contributed by atoms with Crippen LogP contribution in [0.3, 0.4) is 0 Å². The van der Waals surface area contributed by atoms with Gasteiger partial charge in [0.2, 0.25) is 0 Å². The first-order valence-electron chi connectivity index (χ1n) is 28.6. The van der Waals surface area contributed by atoms with Crippen LogP contribution in [0.15, 0.2) is 338 Å². The average molecular weight is 1070 g/mol. The molecule has 15 aromatic rings. The van der Waals surface area contributed by atoms with Crippen molar-refractivity contribution in [3.63, 3.8) is 0 Å². The maximum atomic E-state index is 6.26. The number of furan rings is 1. The van der Waals surface area contributed by atoms with Gasteiger partial charge in [-0.2, -0.15) is 0 Å². The number of benzene rings is 14. The third-order valence-electron chi connectivity index (χ3n) is 16.2. The van der Waals surface area contributed by atoms with Crippen LogP contribution < -0.4 is 14.7 Å². The minimum Gasteiger partial charge on any atom is -0.456 e. The van der Waals surface area contributed by atoms with Gasteiger partial charge < -0.3 is 19.1 Å². The van der Waals surface area contributed by atoms with Crippen molar-refractivity contribution < 1.29 is 4.42 Å². The van der Waals surface area contributed by atoms with Crippen LogP contribution in [0.1, 0.15) is 0 Å². The summed E-state index contributed by atoms with van der Waals surface area (Å²) in [6, 6.07) is 120. The number of fused-ring (bicyclic) bond motifs is 5. The molecule has 0 unspecified atom stereocenters. The SMILES string of the molecule is c1ccc(-c2ccc(N(c3ccc(-c4ccc5oc6ccccc6c5c4)cc3)c3cc(N(c4ccccc4)c4ccc(-c5cccc6ccccc56)cc4)cc(N(c4ccccc4)c4ccc(-c5cccc6ccccc56)cc4)c3)cc2)cc1. The van der Waals surface area contributed by atoms with Gasteiger partial charge in [-0.1, -0.05) is 224 Å². The van der Waals surface area contributed by atoms with E-state index in [1.807, 2.05) is 12.1 Å². The summed E-state index contributed by atoms with van der Waals surface area (Å²) in [6.45, 7) is 0. The first-order chi connectivity index (χ1) is 41.6. The summed E-state index contributed by atoms with van der Waals surface area (Å²) in [4.78, 5) is 7.18. The van der Waals surface area contributed by atoms with Crippen molar-refractivity contribution in [2.24, 2.45) is 0 Å². The fraction of sp³-hybridized carbons (Fsp3) is 0. The number of para-hydroxylation sites is 3. The van der Waals surface area contributed by atoms with E-state index >= 15 is 0 Å². The van der Waals surface area contributed by atoms with E-state index in [2.05, 4.69) is 336 Å². The summed E-state index contributed by atoms with van der Waals surface area (Å²) in [7, 11) is 0. The Labute approximate surface area is 489 Å². The van der Waals surface area contributed by atoms with Gasteiger partial charge in [0.05, 0.1) is 17.1 Å². The number of hydrogen-bond donors (Lipinski definition) is 0. The van der Waals surface area contributed by atoms with E-state index in [9.17, 15) is 0 Å². The maximum Gasteiger partial charge on any atom is 0.135 e. The minimum atomic E-state index is 0.882. The molecule has 1 aromatic heterocycles. The van der Waals surface area contributed by atoms with Crippen LogP contribution in [0.5, 0.6) is 0 Å². The lowest BCUT2D eigenvalue weighted by Crippen LogP contribution is -2.16. The third kappa shape index (κ3) is 9.48. The second kappa shape index (κ2) is 21.7. The van der Waals surface area contributed by atoms with Crippen molar-refractivity contribution in [3.8, 4) is 44.5 Å². The summed E-state index contributed by atoms with van der Waals surface area (Å²) in [5.41, 5.74) is 20.2. The molecule has 1 heterocycles. The fourth-order valence-electron chi connectivity index (χ4n) is 12.1. The maximum absolute atomic E-state index is 6.26. The lowest BCUT2D eigenvalue weighted by Gasteiger charge is -2.33. The molecule has 0 saturated heterocycles. The molecule has 0 radical (unpaired) electrons. The fourth-order valence-corrected chi connectivity index (χ4v) is 12.1. The molecular weight excluding hydrogens is 1020 g/mol. The van der Waals surface area contributed by atoms with Crippen molar-refractivity contribution in [1.82, 2.24) is 0 Å². The van der Waals surface area contributed by atoms with Crippen molar-refractivity contribution in [2.45, 2.75) is 0 Å². The van der Waals surface area contributed by atoms with Gasteiger partial charge in [0.15, 0.2) is 0 Å². The quantitative estimate of drug-likeness (QED) is 0.115. The minimum absolute atomic E-state index is 0.882. The second-order valence-corrected chi connectivity index (χ2v) is 21.3. The Morgan fingerprint density at radius 3 is 0.964 bits per heavy atom. The number of anilines is 9. The number of nitrogens with zero attached hydrogens (tertiary/aromatic N) is 3. The molecule has 0 saturated carbocycles. The van der Waals surface area contributed by atoms with Crippen molar-refractivity contribution >= 4 is 94.7 Å². The Hall–Kier alpha value is -11.2. The molecular formula is C80H55N3O. The predicted octanol–water partition coefficient (Wildman–Crippen LogP) is 23.0. The van der Waals surface area contributed by atoms with Crippen LogP contribution >= 0.6 is 0 Å². The zero-order chi connectivity index (χ0) is 55.8. The van der Waals surface area contributed by atoms with Crippen LogP contribution in [-0.2, 0) is 0 Å². The van der Waals surface area contributed by atoms with Gasteiger partial charge in [-0.15, -0.1) is 0 Å². The van der Waals surface area contributed by atoms with Gasteiger partial charge >= 0.3 is 0 Å². The molecule has 0 amide bonds. The Morgan fingerprint density at radius 2 is 0.500 bits per heavy atom. The first kappa shape index (κ1) is 49.8.